The van der Waals surface area contributed by atoms with Crippen molar-refractivity contribution in [2.45, 2.75) is 13.8 Å². The van der Waals surface area contributed by atoms with Crippen LogP contribution in [-0.2, 0) is 0 Å². The van der Waals surface area contributed by atoms with E-state index in [9.17, 15) is 9.18 Å². The minimum absolute atomic E-state index is 0.00109. The normalized spacial score (nSPS) is 10.9. The Hall–Kier alpha value is -2.42. The monoisotopic (exact) mass is 267 g/mol. The molecule has 0 fully saturated rings. The molecule has 0 radical (unpaired) electrons. The summed E-state index contributed by atoms with van der Waals surface area (Å²) in [4.78, 5) is 15.3. The second kappa shape index (κ2) is 4.60. The van der Waals surface area contributed by atoms with E-state index in [4.69, 9.17) is 0 Å². The molecule has 100 valence electrons. The van der Waals surface area contributed by atoms with E-state index in [0.29, 0.717) is 5.56 Å². The van der Waals surface area contributed by atoms with Gasteiger partial charge in [0.05, 0.1) is 11.3 Å². The summed E-state index contributed by atoms with van der Waals surface area (Å²) in [6.45, 7) is 3.55. The van der Waals surface area contributed by atoms with Crippen LogP contribution in [0.4, 0.5) is 4.39 Å². The van der Waals surface area contributed by atoms with Crippen LogP contribution in [0, 0.1) is 12.7 Å². The number of Topliss-reactive ketones (excluding diaryl/α,β-unsaturated/α-hetero) is 1. The number of hydrogen-bond acceptors (Lipinski definition) is 1. The van der Waals surface area contributed by atoms with Crippen LogP contribution in [0.25, 0.3) is 22.2 Å². The summed E-state index contributed by atoms with van der Waals surface area (Å²) in [6.07, 6.45) is 0. The summed E-state index contributed by atoms with van der Waals surface area (Å²) in [5.41, 5.74) is 4.24. The molecule has 0 unspecified atom stereocenters. The molecule has 2 aromatic carbocycles. The minimum Gasteiger partial charge on any atom is -0.354 e. The Labute approximate surface area is 116 Å². The minimum atomic E-state index is -0.287. The molecule has 1 heterocycles. The van der Waals surface area contributed by atoms with Crippen LogP contribution < -0.4 is 0 Å². The van der Waals surface area contributed by atoms with Gasteiger partial charge in [-0.25, -0.2) is 4.39 Å². The van der Waals surface area contributed by atoms with Crippen molar-refractivity contribution in [1.29, 1.82) is 0 Å². The number of rotatable bonds is 2. The third-order valence-corrected chi connectivity index (χ3v) is 3.44. The van der Waals surface area contributed by atoms with Crippen molar-refractivity contribution in [2.75, 3.05) is 0 Å². The first kappa shape index (κ1) is 12.6. The van der Waals surface area contributed by atoms with E-state index >= 15 is 0 Å². The standard InChI is InChI=1S/C17H14FNO/c1-10-3-8-15-14(9-10)16(11(2)20)17(19-15)12-4-6-13(18)7-5-12/h3-9,19H,1-2H3. The molecule has 0 amide bonds. The number of aromatic nitrogens is 1. The molecule has 1 N–H and O–H groups in total. The Morgan fingerprint density at radius 2 is 1.80 bits per heavy atom. The number of benzene rings is 2. The fourth-order valence-electron chi connectivity index (χ4n) is 2.50. The lowest BCUT2D eigenvalue weighted by Crippen LogP contribution is -1.94. The summed E-state index contributed by atoms with van der Waals surface area (Å²) in [7, 11) is 0. The van der Waals surface area contributed by atoms with Gasteiger partial charge in [0, 0.05) is 10.9 Å². The fourth-order valence-corrected chi connectivity index (χ4v) is 2.50. The van der Waals surface area contributed by atoms with Gasteiger partial charge in [-0.3, -0.25) is 4.79 Å². The summed E-state index contributed by atoms with van der Waals surface area (Å²) >= 11 is 0. The SMILES string of the molecule is CC(=O)c1c(-c2ccc(F)cc2)[nH]c2ccc(C)cc12. The van der Waals surface area contributed by atoms with E-state index in [1.807, 2.05) is 25.1 Å². The maximum atomic E-state index is 13.0. The second-order valence-electron chi connectivity index (χ2n) is 4.99. The summed E-state index contributed by atoms with van der Waals surface area (Å²) in [6, 6.07) is 12.1. The zero-order chi connectivity index (χ0) is 14.3. The molecule has 2 nitrogen and oxygen atoms in total. The predicted octanol–water partition coefficient (Wildman–Crippen LogP) is 4.49. The van der Waals surface area contributed by atoms with Crippen molar-refractivity contribution in [3.05, 3.63) is 59.4 Å². The Kier molecular flexibility index (Phi) is 2.90. The van der Waals surface area contributed by atoms with Gasteiger partial charge in [-0.1, -0.05) is 11.6 Å². The number of H-pyrrole nitrogens is 1. The topological polar surface area (TPSA) is 32.9 Å². The quantitative estimate of drug-likeness (QED) is 0.682. The van der Waals surface area contributed by atoms with Crippen molar-refractivity contribution >= 4 is 16.7 Å². The van der Waals surface area contributed by atoms with Gasteiger partial charge in [-0.15, -0.1) is 0 Å². The lowest BCUT2D eigenvalue weighted by Gasteiger charge is -2.02. The maximum Gasteiger partial charge on any atom is 0.162 e. The molecule has 0 aliphatic carbocycles. The van der Waals surface area contributed by atoms with Crippen molar-refractivity contribution < 1.29 is 9.18 Å². The molecule has 0 atom stereocenters. The highest BCUT2D eigenvalue weighted by Crippen LogP contribution is 2.31. The molecule has 0 spiro atoms. The first-order valence-corrected chi connectivity index (χ1v) is 6.45. The van der Waals surface area contributed by atoms with Crippen LogP contribution >= 0.6 is 0 Å². The predicted molar refractivity (Wildman–Crippen MR) is 78.4 cm³/mol. The first-order valence-electron chi connectivity index (χ1n) is 6.45. The molecule has 0 saturated heterocycles. The number of hydrogen-bond donors (Lipinski definition) is 1. The smallest absolute Gasteiger partial charge is 0.162 e. The molecule has 3 aromatic rings. The van der Waals surface area contributed by atoms with E-state index < -0.39 is 0 Å². The Morgan fingerprint density at radius 1 is 1.10 bits per heavy atom. The summed E-state index contributed by atoms with van der Waals surface area (Å²) in [5, 5.41) is 0.914. The zero-order valence-corrected chi connectivity index (χ0v) is 11.3. The number of ketones is 1. The third-order valence-electron chi connectivity index (χ3n) is 3.44. The number of aromatic amines is 1. The van der Waals surface area contributed by atoms with Crippen molar-refractivity contribution in [3.63, 3.8) is 0 Å². The number of carbonyl (C=O) groups is 1. The lowest BCUT2D eigenvalue weighted by molar-refractivity contribution is 0.102. The highest BCUT2D eigenvalue weighted by Gasteiger charge is 2.16. The summed E-state index contributed by atoms with van der Waals surface area (Å²) < 4.78 is 13.0. The largest absolute Gasteiger partial charge is 0.354 e. The van der Waals surface area contributed by atoms with E-state index in [0.717, 1.165) is 27.7 Å². The number of carbonyl (C=O) groups excluding carboxylic acids is 1. The Bertz CT molecular complexity index is 800. The van der Waals surface area contributed by atoms with Crippen LogP contribution in [-0.4, -0.2) is 10.8 Å². The molecule has 0 bridgehead atoms. The average molecular weight is 267 g/mol. The Morgan fingerprint density at radius 3 is 2.45 bits per heavy atom. The molecule has 1 aromatic heterocycles. The van der Waals surface area contributed by atoms with Gasteiger partial charge in [0.25, 0.3) is 0 Å². The highest BCUT2D eigenvalue weighted by molar-refractivity contribution is 6.12. The summed E-state index contributed by atoms with van der Waals surface area (Å²) in [5.74, 6) is -0.286. The molecule has 3 rings (SSSR count). The van der Waals surface area contributed by atoms with Gasteiger partial charge in [0.2, 0.25) is 0 Å². The molecule has 20 heavy (non-hydrogen) atoms. The second-order valence-corrected chi connectivity index (χ2v) is 4.99. The van der Waals surface area contributed by atoms with Gasteiger partial charge < -0.3 is 4.98 Å². The number of aryl methyl sites for hydroxylation is 1. The maximum absolute atomic E-state index is 13.0. The lowest BCUT2D eigenvalue weighted by atomic mass is 10.0. The number of nitrogens with one attached hydrogen (secondary N) is 1. The number of fused-ring (bicyclic) bond motifs is 1. The van der Waals surface area contributed by atoms with Gasteiger partial charge >= 0.3 is 0 Å². The van der Waals surface area contributed by atoms with E-state index in [-0.39, 0.29) is 11.6 Å². The molecular formula is C17H14FNO. The molecular weight excluding hydrogens is 253 g/mol. The van der Waals surface area contributed by atoms with Crippen molar-refractivity contribution in [2.24, 2.45) is 0 Å². The third kappa shape index (κ3) is 2.01. The van der Waals surface area contributed by atoms with Gasteiger partial charge in [-0.05, 0) is 55.8 Å². The van der Waals surface area contributed by atoms with Gasteiger partial charge in [-0.2, -0.15) is 0 Å². The first-order chi connectivity index (χ1) is 9.56. The van der Waals surface area contributed by atoms with Crippen LogP contribution in [0.2, 0.25) is 0 Å². The van der Waals surface area contributed by atoms with Crippen LogP contribution in [0.3, 0.4) is 0 Å². The van der Waals surface area contributed by atoms with E-state index in [1.165, 1.54) is 12.1 Å². The van der Waals surface area contributed by atoms with E-state index in [1.54, 1.807) is 19.1 Å². The molecule has 0 saturated carbocycles. The molecule has 0 aliphatic rings. The van der Waals surface area contributed by atoms with Gasteiger partial charge in [0.15, 0.2) is 5.78 Å². The van der Waals surface area contributed by atoms with Gasteiger partial charge in [0.1, 0.15) is 5.82 Å². The fraction of sp³-hybridized carbons (Fsp3) is 0.118. The van der Waals surface area contributed by atoms with Crippen LogP contribution in [0.5, 0.6) is 0 Å². The highest BCUT2D eigenvalue weighted by atomic mass is 19.1. The Balaban J connectivity index is 2.32. The van der Waals surface area contributed by atoms with Crippen molar-refractivity contribution in [1.82, 2.24) is 4.98 Å². The number of halogens is 1. The molecule has 3 heteroatoms. The molecule has 0 aliphatic heterocycles. The average Bonchev–Trinajstić information content (AvgIpc) is 2.78. The van der Waals surface area contributed by atoms with Crippen molar-refractivity contribution in [3.8, 4) is 11.3 Å². The zero-order valence-electron chi connectivity index (χ0n) is 11.3. The van der Waals surface area contributed by atoms with E-state index in [2.05, 4.69) is 4.98 Å². The van der Waals surface area contributed by atoms with Crippen LogP contribution in [0.1, 0.15) is 22.8 Å². The van der Waals surface area contributed by atoms with Crippen LogP contribution in [0.15, 0.2) is 42.5 Å².